The molecule has 0 saturated carbocycles. The number of methoxy groups -OCH3 is 1. The molecule has 1 fully saturated rings. The molecule has 2 aromatic rings. The van der Waals surface area contributed by atoms with Gasteiger partial charge in [-0.15, -0.1) is 22.0 Å². The quantitative estimate of drug-likeness (QED) is 0.409. The molecular formula is C20H27N5O3S3. The molecule has 0 bridgehead atoms. The van der Waals surface area contributed by atoms with Crippen molar-refractivity contribution in [3.8, 4) is 0 Å². The molecule has 1 aliphatic heterocycles. The molecule has 11 heteroatoms. The van der Waals surface area contributed by atoms with Crippen LogP contribution in [0.1, 0.15) is 17.3 Å². The van der Waals surface area contributed by atoms with Gasteiger partial charge in [0.15, 0.2) is 4.34 Å². The second kappa shape index (κ2) is 12.3. The van der Waals surface area contributed by atoms with Crippen LogP contribution in [0.2, 0.25) is 0 Å². The van der Waals surface area contributed by atoms with Crippen LogP contribution >= 0.6 is 34.9 Å². The van der Waals surface area contributed by atoms with Gasteiger partial charge in [0.05, 0.1) is 17.9 Å². The van der Waals surface area contributed by atoms with Gasteiger partial charge in [0.25, 0.3) is 5.91 Å². The van der Waals surface area contributed by atoms with E-state index in [9.17, 15) is 9.59 Å². The van der Waals surface area contributed by atoms with Crippen molar-refractivity contribution >= 4 is 51.8 Å². The Morgan fingerprint density at radius 3 is 2.68 bits per heavy atom. The molecule has 0 spiro atoms. The van der Waals surface area contributed by atoms with Gasteiger partial charge in [-0.2, -0.15) is 0 Å². The first kappa shape index (κ1) is 23.8. The summed E-state index contributed by atoms with van der Waals surface area (Å²) in [5.41, 5.74) is 0.779. The van der Waals surface area contributed by atoms with Crippen LogP contribution in [0.3, 0.4) is 0 Å². The normalized spacial score (nSPS) is 14.0. The van der Waals surface area contributed by atoms with E-state index in [4.69, 9.17) is 4.74 Å². The van der Waals surface area contributed by atoms with Gasteiger partial charge in [-0.1, -0.05) is 42.2 Å². The summed E-state index contributed by atoms with van der Waals surface area (Å²) in [5.74, 6) is 1.27. The Balaban J connectivity index is 1.49. The molecule has 0 radical (unpaired) electrons. The second-order valence-corrected chi connectivity index (χ2v) is 10.2. The Bertz CT molecular complexity index is 871. The summed E-state index contributed by atoms with van der Waals surface area (Å²) >= 11 is 4.55. The second-order valence-electron chi connectivity index (χ2n) is 6.69. The smallest absolute Gasteiger partial charge is 0.255 e. The average Bonchev–Trinajstić information content (AvgIpc) is 3.27. The summed E-state index contributed by atoms with van der Waals surface area (Å²) < 4.78 is 5.68. The summed E-state index contributed by atoms with van der Waals surface area (Å²) in [5, 5.41) is 12.1. The maximum Gasteiger partial charge on any atom is 0.255 e. The van der Waals surface area contributed by atoms with Gasteiger partial charge in [0.2, 0.25) is 11.0 Å². The van der Waals surface area contributed by atoms with Crippen molar-refractivity contribution in [1.29, 1.82) is 0 Å². The van der Waals surface area contributed by atoms with Gasteiger partial charge >= 0.3 is 0 Å². The first-order chi connectivity index (χ1) is 15.1. The fraction of sp³-hybridized carbons (Fsp3) is 0.500. The van der Waals surface area contributed by atoms with Crippen molar-refractivity contribution in [2.45, 2.75) is 16.2 Å². The maximum absolute atomic E-state index is 13.0. The molecule has 1 aliphatic rings. The van der Waals surface area contributed by atoms with E-state index >= 15 is 0 Å². The Labute approximate surface area is 195 Å². The van der Waals surface area contributed by atoms with Gasteiger partial charge in [0, 0.05) is 44.7 Å². The molecule has 0 aliphatic carbocycles. The number of carbonyl (C=O) groups is 2. The molecule has 2 amide bonds. The number of amides is 2. The van der Waals surface area contributed by atoms with Crippen molar-refractivity contribution in [1.82, 2.24) is 20.4 Å². The zero-order valence-corrected chi connectivity index (χ0v) is 20.2. The van der Waals surface area contributed by atoms with Gasteiger partial charge in [-0.3, -0.25) is 9.59 Å². The molecule has 8 nitrogen and oxygen atoms in total. The van der Waals surface area contributed by atoms with Crippen LogP contribution in [0.25, 0.3) is 0 Å². The maximum atomic E-state index is 13.0. The van der Waals surface area contributed by atoms with Gasteiger partial charge in [-0.25, -0.2) is 0 Å². The summed E-state index contributed by atoms with van der Waals surface area (Å²) in [6, 6.07) is 7.81. The SMILES string of the molecule is CCSc1ccccc1C(=O)N1CCN(c2nnc(SCC(=O)NCCOC)s2)CC1. The van der Waals surface area contributed by atoms with Crippen LogP contribution < -0.4 is 10.2 Å². The Morgan fingerprint density at radius 1 is 1.16 bits per heavy atom. The third-order valence-electron chi connectivity index (χ3n) is 4.61. The topological polar surface area (TPSA) is 87.7 Å². The molecular weight excluding hydrogens is 454 g/mol. The standard InChI is InChI=1S/C20H27N5O3S3/c1-3-29-16-7-5-4-6-15(16)18(27)24-9-11-25(12-10-24)19-22-23-20(31-19)30-14-17(26)21-8-13-28-2/h4-7H,3,8-14H2,1-2H3,(H,21,26). The first-order valence-electron chi connectivity index (χ1n) is 10.1. The van der Waals surface area contributed by atoms with E-state index < -0.39 is 0 Å². The van der Waals surface area contributed by atoms with Crippen molar-refractivity contribution in [3.05, 3.63) is 29.8 Å². The summed E-state index contributed by atoms with van der Waals surface area (Å²) in [4.78, 5) is 29.9. The highest BCUT2D eigenvalue weighted by molar-refractivity contribution is 8.01. The Morgan fingerprint density at radius 2 is 1.94 bits per heavy atom. The van der Waals surface area contributed by atoms with Crippen LogP contribution in [-0.4, -0.2) is 84.9 Å². The van der Waals surface area contributed by atoms with Crippen molar-refractivity contribution in [2.24, 2.45) is 0 Å². The van der Waals surface area contributed by atoms with Crippen molar-refractivity contribution in [2.75, 3.05) is 62.8 Å². The lowest BCUT2D eigenvalue weighted by atomic mass is 10.2. The molecule has 3 rings (SSSR count). The molecule has 1 aromatic carbocycles. The summed E-state index contributed by atoms with van der Waals surface area (Å²) in [6.45, 7) is 5.81. The molecule has 2 heterocycles. The van der Waals surface area contributed by atoms with E-state index in [2.05, 4.69) is 27.3 Å². The number of anilines is 1. The molecule has 1 N–H and O–H groups in total. The minimum atomic E-state index is -0.0487. The van der Waals surface area contributed by atoms with E-state index in [-0.39, 0.29) is 11.8 Å². The highest BCUT2D eigenvalue weighted by Gasteiger charge is 2.25. The number of hydrogen-bond acceptors (Lipinski definition) is 9. The number of benzene rings is 1. The Hall–Kier alpha value is -1.82. The number of nitrogens with one attached hydrogen (secondary N) is 1. The monoisotopic (exact) mass is 481 g/mol. The number of piperazine rings is 1. The number of carbonyl (C=O) groups excluding carboxylic acids is 2. The van der Waals surface area contributed by atoms with E-state index in [1.807, 2.05) is 29.2 Å². The number of ether oxygens (including phenoxy) is 1. The highest BCUT2D eigenvalue weighted by Crippen LogP contribution is 2.29. The molecule has 1 saturated heterocycles. The van der Waals surface area contributed by atoms with E-state index in [0.717, 1.165) is 25.7 Å². The predicted molar refractivity (Wildman–Crippen MR) is 126 cm³/mol. The molecule has 168 valence electrons. The molecule has 1 aromatic heterocycles. The number of aromatic nitrogens is 2. The summed E-state index contributed by atoms with van der Waals surface area (Å²) in [6.07, 6.45) is 0. The lowest BCUT2D eigenvalue weighted by Gasteiger charge is -2.34. The minimum absolute atomic E-state index is 0.0487. The predicted octanol–water partition coefficient (Wildman–Crippen LogP) is 2.47. The van der Waals surface area contributed by atoms with Gasteiger partial charge in [-0.05, 0) is 17.9 Å². The molecule has 0 unspecified atom stereocenters. The van der Waals surface area contributed by atoms with Crippen LogP contribution in [0, 0.1) is 0 Å². The molecule has 31 heavy (non-hydrogen) atoms. The lowest BCUT2D eigenvalue weighted by molar-refractivity contribution is -0.118. The van der Waals surface area contributed by atoms with E-state index in [1.165, 1.54) is 23.1 Å². The van der Waals surface area contributed by atoms with Gasteiger partial charge in [0.1, 0.15) is 0 Å². The van der Waals surface area contributed by atoms with E-state index in [0.29, 0.717) is 45.1 Å². The first-order valence-corrected chi connectivity index (χ1v) is 12.9. The van der Waals surface area contributed by atoms with Gasteiger partial charge < -0.3 is 19.9 Å². The number of thioether (sulfide) groups is 2. The van der Waals surface area contributed by atoms with Crippen LogP contribution in [0.15, 0.2) is 33.5 Å². The fourth-order valence-corrected chi connectivity index (χ4v) is 5.57. The largest absolute Gasteiger partial charge is 0.383 e. The zero-order valence-electron chi connectivity index (χ0n) is 17.7. The highest BCUT2D eigenvalue weighted by atomic mass is 32.2. The average molecular weight is 482 g/mol. The molecule has 0 atom stereocenters. The Kier molecular flexibility index (Phi) is 9.44. The van der Waals surface area contributed by atoms with Crippen LogP contribution in [0.5, 0.6) is 0 Å². The van der Waals surface area contributed by atoms with Crippen molar-refractivity contribution in [3.63, 3.8) is 0 Å². The number of rotatable bonds is 10. The third kappa shape index (κ3) is 6.83. The van der Waals surface area contributed by atoms with Crippen molar-refractivity contribution < 1.29 is 14.3 Å². The van der Waals surface area contributed by atoms with Crippen LogP contribution in [-0.2, 0) is 9.53 Å². The van der Waals surface area contributed by atoms with Crippen LogP contribution in [0.4, 0.5) is 5.13 Å². The van der Waals surface area contributed by atoms with E-state index in [1.54, 1.807) is 18.9 Å². The zero-order chi connectivity index (χ0) is 22.1. The lowest BCUT2D eigenvalue weighted by Crippen LogP contribution is -2.48. The number of nitrogens with zero attached hydrogens (tertiary/aromatic N) is 4. The third-order valence-corrected chi connectivity index (χ3v) is 7.68. The fourth-order valence-electron chi connectivity index (χ4n) is 3.06. The summed E-state index contributed by atoms with van der Waals surface area (Å²) in [7, 11) is 1.60. The number of hydrogen-bond donors (Lipinski definition) is 1. The minimum Gasteiger partial charge on any atom is -0.383 e.